The van der Waals surface area contributed by atoms with Crippen molar-refractivity contribution in [3.63, 3.8) is 0 Å². The maximum absolute atomic E-state index is 12.6. The standard InChI is InChI=1S/C19H18BrN3O3/c1-3-22(16-7-5-13(20)11-21-16)17(24)8-9-23-18(25)14-6-4-12(2)10-15(14)19(23)26/h4-7,10-11H,3,8-9H2,1-2H3. The first kappa shape index (κ1) is 18.3. The predicted octanol–water partition coefficient (Wildman–Crippen LogP) is 3.19. The number of hydrogen-bond acceptors (Lipinski definition) is 4. The highest BCUT2D eigenvalue weighted by molar-refractivity contribution is 9.10. The smallest absolute Gasteiger partial charge is 0.261 e. The monoisotopic (exact) mass is 415 g/mol. The summed E-state index contributed by atoms with van der Waals surface area (Å²) in [4.78, 5) is 44.4. The van der Waals surface area contributed by atoms with Crippen LogP contribution < -0.4 is 4.90 Å². The molecule has 0 N–H and O–H groups in total. The third-order valence-electron chi connectivity index (χ3n) is 4.28. The van der Waals surface area contributed by atoms with Crippen molar-refractivity contribution in [1.82, 2.24) is 9.88 Å². The van der Waals surface area contributed by atoms with Gasteiger partial charge in [-0.25, -0.2) is 4.98 Å². The molecular weight excluding hydrogens is 398 g/mol. The van der Waals surface area contributed by atoms with Gasteiger partial charge in [0.2, 0.25) is 5.91 Å². The van der Waals surface area contributed by atoms with Crippen molar-refractivity contribution in [1.29, 1.82) is 0 Å². The highest BCUT2D eigenvalue weighted by Gasteiger charge is 2.35. The van der Waals surface area contributed by atoms with E-state index in [-0.39, 0.29) is 30.7 Å². The molecule has 2 aromatic rings. The highest BCUT2D eigenvalue weighted by Crippen LogP contribution is 2.24. The summed E-state index contributed by atoms with van der Waals surface area (Å²) in [6, 6.07) is 8.73. The third-order valence-corrected chi connectivity index (χ3v) is 4.75. The highest BCUT2D eigenvalue weighted by atomic mass is 79.9. The molecule has 1 aliphatic rings. The van der Waals surface area contributed by atoms with Crippen LogP contribution in [-0.2, 0) is 4.79 Å². The first-order valence-electron chi connectivity index (χ1n) is 8.31. The summed E-state index contributed by atoms with van der Waals surface area (Å²) < 4.78 is 0.825. The molecule has 6 nitrogen and oxygen atoms in total. The topological polar surface area (TPSA) is 70.6 Å². The van der Waals surface area contributed by atoms with E-state index < -0.39 is 0 Å². The minimum Gasteiger partial charge on any atom is -0.297 e. The summed E-state index contributed by atoms with van der Waals surface area (Å²) in [6.45, 7) is 4.23. The molecule has 26 heavy (non-hydrogen) atoms. The van der Waals surface area contributed by atoms with Gasteiger partial charge in [-0.3, -0.25) is 24.2 Å². The predicted molar refractivity (Wildman–Crippen MR) is 101 cm³/mol. The Bertz CT molecular complexity index is 880. The Morgan fingerprint density at radius 3 is 2.54 bits per heavy atom. The second kappa shape index (κ2) is 7.37. The molecule has 0 fully saturated rings. The van der Waals surface area contributed by atoms with Crippen molar-refractivity contribution >= 4 is 39.5 Å². The van der Waals surface area contributed by atoms with Crippen LogP contribution in [0.25, 0.3) is 0 Å². The van der Waals surface area contributed by atoms with E-state index in [4.69, 9.17) is 0 Å². The molecule has 0 unspecified atom stereocenters. The molecule has 7 heteroatoms. The summed E-state index contributed by atoms with van der Waals surface area (Å²) in [5.74, 6) is -0.331. The van der Waals surface area contributed by atoms with Gasteiger partial charge < -0.3 is 0 Å². The van der Waals surface area contributed by atoms with Crippen molar-refractivity contribution in [2.24, 2.45) is 0 Å². The summed E-state index contributed by atoms with van der Waals surface area (Å²) in [6.07, 6.45) is 1.67. The van der Waals surface area contributed by atoms with Gasteiger partial charge in [0, 0.05) is 30.2 Å². The second-order valence-electron chi connectivity index (χ2n) is 6.03. The molecular formula is C19H18BrN3O3. The molecule has 0 saturated heterocycles. The number of halogens is 1. The van der Waals surface area contributed by atoms with Crippen molar-refractivity contribution in [3.8, 4) is 0 Å². The lowest BCUT2D eigenvalue weighted by Crippen LogP contribution is -2.37. The van der Waals surface area contributed by atoms with Gasteiger partial charge in [0.05, 0.1) is 11.1 Å². The minimum absolute atomic E-state index is 0.0516. The largest absolute Gasteiger partial charge is 0.297 e. The molecule has 3 amide bonds. The van der Waals surface area contributed by atoms with Gasteiger partial charge in [0.25, 0.3) is 11.8 Å². The molecule has 0 spiro atoms. The number of benzene rings is 1. The number of pyridine rings is 1. The Kier molecular flexibility index (Phi) is 5.18. The number of carbonyl (C=O) groups is 3. The zero-order valence-electron chi connectivity index (χ0n) is 14.5. The summed E-state index contributed by atoms with van der Waals surface area (Å²) in [5.41, 5.74) is 1.72. The SMILES string of the molecule is CCN(C(=O)CCN1C(=O)c2ccc(C)cc2C1=O)c1ccc(Br)cn1. The van der Waals surface area contributed by atoms with Crippen LogP contribution in [0.2, 0.25) is 0 Å². The van der Waals surface area contributed by atoms with Crippen molar-refractivity contribution in [2.75, 3.05) is 18.0 Å². The summed E-state index contributed by atoms with van der Waals surface area (Å²) in [5, 5.41) is 0. The van der Waals surface area contributed by atoms with Gasteiger partial charge in [0.15, 0.2) is 0 Å². The number of hydrogen-bond donors (Lipinski definition) is 0. The zero-order chi connectivity index (χ0) is 18.8. The molecule has 1 aromatic heterocycles. The van der Waals surface area contributed by atoms with Gasteiger partial charge in [-0.15, -0.1) is 0 Å². The Balaban J connectivity index is 1.70. The van der Waals surface area contributed by atoms with Gasteiger partial charge in [-0.1, -0.05) is 11.6 Å². The average Bonchev–Trinajstić information content (AvgIpc) is 2.85. The molecule has 3 rings (SSSR count). The molecule has 0 saturated carbocycles. The molecule has 0 atom stereocenters. The zero-order valence-corrected chi connectivity index (χ0v) is 16.1. The second-order valence-corrected chi connectivity index (χ2v) is 6.95. The summed E-state index contributed by atoms with van der Waals surface area (Å²) in [7, 11) is 0. The van der Waals surface area contributed by atoms with E-state index in [1.165, 1.54) is 4.90 Å². The number of nitrogens with zero attached hydrogens (tertiary/aromatic N) is 3. The number of carbonyl (C=O) groups excluding carboxylic acids is 3. The van der Waals surface area contributed by atoms with Crippen LogP contribution in [0, 0.1) is 6.92 Å². The van der Waals surface area contributed by atoms with Gasteiger partial charge in [0.1, 0.15) is 5.82 Å². The van der Waals surface area contributed by atoms with E-state index in [0.717, 1.165) is 14.9 Å². The lowest BCUT2D eigenvalue weighted by Gasteiger charge is -2.21. The lowest BCUT2D eigenvalue weighted by atomic mass is 10.1. The van der Waals surface area contributed by atoms with Crippen LogP contribution in [0.15, 0.2) is 41.0 Å². The minimum atomic E-state index is -0.345. The average molecular weight is 416 g/mol. The fourth-order valence-electron chi connectivity index (χ4n) is 2.94. The van der Waals surface area contributed by atoms with Crippen molar-refractivity contribution in [3.05, 3.63) is 57.7 Å². The number of aryl methyl sites for hydroxylation is 1. The molecule has 1 aliphatic heterocycles. The maximum Gasteiger partial charge on any atom is 0.261 e. The van der Waals surface area contributed by atoms with E-state index in [0.29, 0.717) is 23.5 Å². The third kappa shape index (κ3) is 3.39. The number of imide groups is 1. The fraction of sp³-hybridized carbons (Fsp3) is 0.263. The normalized spacial score (nSPS) is 13.1. The summed E-state index contributed by atoms with van der Waals surface area (Å²) >= 11 is 3.31. The van der Waals surface area contributed by atoms with Crippen LogP contribution in [0.1, 0.15) is 39.6 Å². The van der Waals surface area contributed by atoms with Crippen molar-refractivity contribution < 1.29 is 14.4 Å². The van der Waals surface area contributed by atoms with Crippen LogP contribution >= 0.6 is 15.9 Å². The Morgan fingerprint density at radius 2 is 1.88 bits per heavy atom. The fourth-order valence-corrected chi connectivity index (χ4v) is 3.18. The van der Waals surface area contributed by atoms with Crippen LogP contribution in [0.3, 0.4) is 0 Å². The van der Waals surface area contributed by atoms with Crippen LogP contribution in [-0.4, -0.2) is 40.7 Å². The van der Waals surface area contributed by atoms with E-state index in [9.17, 15) is 14.4 Å². The number of aromatic nitrogens is 1. The van der Waals surface area contributed by atoms with Gasteiger partial charge in [-0.2, -0.15) is 0 Å². The van der Waals surface area contributed by atoms with Gasteiger partial charge in [-0.05, 0) is 54.0 Å². The first-order chi connectivity index (χ1) is 12.4. The van der Waals surface area contributed by atoms with E-state index in [1.54, 1.807) is 30.5 Å². The van der Waals surface area contributed by atoms with Crippen molar-refractivity contribution in [2.45, 2.75) is 20.3 Å². The lowest BCUT2D eigenvalue weighted by molar-refractivity contribution is -0.118. The van der Waals surface area contributed by atoms with E-state index in [1.807, 2.05) is 19.9 Å². The van der Waals surface area contributed by atoms with E-state index in [2.05, 4.69) is 20.9 Å². The molecule has 0 radical (unpaired) electrons. The molecule has 0 bridgehead atoms. The van der Waals surface area contributed by atoms with Crippen LogP contribution in [0.4, 0.5) is 5.82 Å². The van der Waals surface area contributed by atoms with Gasteiger partial charge >= 0.3 is 0 Å². The number of fused-ring (bicyclic) bond motifs is 1. The molecule has 134 valence electrons. The van der Waals surface area contributed by atoms with Crippen LogP contribution in [0.5, 0.6) is 0 Å². The number of amides is 3. The number of rotatable bonds is 5. The maximum atomic E-state index is 12.6. The molecule has 1 aromatic carbocycles. The van der Waals surface area contributed by atoms with E-state index >= 15 is 0 Å². The Morgan fingerprint density at radius 1 is 1.15 bits per heavy atom. The number of anilines is 1. The molecule has 0 aliphatic carbocycles. The molecule has 2 heterocycles. The Labute approximate surface area is 159 Å². The Hall–Kier alpha value is -2.54. The first-order valence-corrected chi connectivity index (χ1v) is 9.10. The quantitative estimate of drug-likeness (QED) is 0.702.